The van der Waals surface area contributed by atoms with Crippen LogP contribution in [0.15, 0.2) is 41.2 Å². The number of methoxy groups -OCH3 is 2. The summed E-state index contributed by atoms with van der Waals surface area (Å²) < 4.78 is 10.8. The van der Waals surface area contributed by atoms with E-state index in [1.807, 2.05) is 37.3 Å². The van der Waals surface area contributed by atoms with E-state index >= 15 is 0 Å². The number of H-pyrrole nitrogens is 1. The van der Waals surface area contributed by atoms with Gasteiger partial charge in [0.05, 0.1) is 19.7 Å². The fourth-order valence-corrected chi connectivity index (χ4v) is 3.02. The molecule has 1 aromatic heterocycles. The number of fused-ring (bicyclic) bond motifs is 1. The van der Waals surface area contributed by atoms with Crippen molar-refractivity contribution in [3.8, 4) is 11.5 Å². The lowest BCUT2D eigenvalue weighted by molar-refractivity contribution is 0.397. The average Bonchev–Trinajstić information content (AvgIpc) is 2.58. The zero-order valence-corrected chi connectivity index (χ0v) is 14.5. The van der Waals surface area contributed by atoms with Crippen molar-refractivity contribution in [3.05, 3.63) is 68.5 Å². The van der Waals surface area contributed by atoms with Crippen LogP contribution in [0.3, 0.4) is 0 Å². The van der Waals surface area contributed by atoms with Gasteiger partial charge in [0.15, 0.2) is 0 Å². The first kappa shape index (κ1) is 16.4. The van der Waals surface area contributed by atoms with E-state index in [-0.39, 0.29) is 5.56 Å². The van der Waals surface area contributed by atoms with Gasteiger partial charge < -0.3 is 14.5 Å². The minimum atomic E-state index is -0.106. The van der Waals surface area contributed by atoms with Crippen molar-refractivity contribution >= 4 is 22.5 Å². The molecule has 5 heteroatoms. The Balaban J connectivity index is 2.18. The fourth-order valence-electron chi connectivity index (χ4n) is 2.89. The molecule has 124 valence electrons. The molecule has 0 aliphatic heterocycles. The lowest BCUT2D eigenvalue weighted by atomic mass is 9.98. The van der Waals surface area contributed by atoms with Crippen LogP contribution in [0, 0.1) is 6.92 Å². The number of nitrogens with one attached hydrogen (secondary N) is 1. The van der Waals surface area contributed by atoms with Crippen LogP contribution in [-0.4, -0.2) is 19.2 Å². The van der Waals surface area contributed by atoms with E-state index in [0.29, 0.717) is 34.0 Å². The average molecular weight is 344 g/mol. The van der Waals surface area contributed by atoms with Crippen LogP contribution < -0.4 is 15.0 Å². The number of aromatic amines is 1. The van der Waals surface area contributed by atoms with E-state index < -0.39 is 0 Å². The Labute approximate surface area is 145 Å². The molecule has 0 bridgehead atoms. The standard InChI is InChI=1S/C19H18ClNO3/c1-11-15(8-12-4-6-13(20)7-5-12)19(22)21-16-9-14(23-2)10-17(24-3)18(11)16/h4-7,9-10H,8H2,1-3H3,(H,21,22). The van der Waals surface area contributed by atoms with Crippen LogP contribution in [0.25, 0.3) is 10.9 Å². The number of pyridine rings is 1. The van der Waals surface area contributed by atoms with Crippen molar-refractivity contribution in [2.24, 2.45) is 0 Å². The van der Waals surface area contributed by atoms with E-state index in [1.54, 1.807) is 20.3 Å². The van der Waals surface area contributed by atoms with E-state index in [4.69, 9.17) is 21.1 Å². The van der Waals surface area contributed by atoms with Gasteiger partial charge in [-0.2, -0.15) is 0 Å². The maximum absolute atomic E-state index is 12.6. The van der Waals surface area contributed by atoms with Crippen molar-refractivity contribution in [1.29, 1.82) is 0 Å². The molecule has 0 atom stereocenters. The molecule has 4 nitrogen and oxygen atoms in total. The molecule has 0 fully saturated rings. The van der Waals surface area contributed by atoms with Crippen LogP contribution in [0.4, 0.5) is 0 Å². The molecule has 0 aliphatic rings. The van der Waals surface area contributed by atoms with Crippen LogP contribution in [0.1, 0.15) is 16.7 Å². The summed E-state index contributed by atoms with van der Waals surface area (Å²) in [5.74, 6) is 1.32. The summed E-state index contributed by atoms with van der Waals surface area (Å²) in [6, 6.07) is 11.1. The van der Waals surface area contributed by atoms with Crippen molar-refractivity contribution in [2.75, 3.05) is 14.2 Å². The number of halogens is 1. The number of rotatable bonds is 4. The molecule has 0 aliphatic carbocycles. The van der Waals surface area contributed by atoms with Gasteiger partial charge in [-0.1, -0.05) is 23.7 Å². The van der Waals surface area contributed by atoms with Crippen LogP contribution in [0.5, 0.6) is 11.5 Å². The van der Waals surface area contributed by atoms with Crippen LogP contribution in [-0.2, 0) is 6.42 Å². The number of aromatic nitrogens is 1. The summed E-state index contributed by atoms with van der Waals surface area (Å²) in [5.41, 5.74) is 3.25. The summed E-state index contributed by atoms with van der Waals surface area (Å²) in [6.07, 6.45) is 0.531. The van der Waals surface area contributed by atoms with Crippen molar-refractivity contribution in [2.45, 2.75) is 13.3 Å². The van der Waals surface area contributed by atoms with E-state index in [2.05, 4.69) is 4.98 Å². The molecular weight excluding hydrogens is 326 g/mol. The Hall–Kier alpha value is -2.46. The number of hydrogen-bond donors (Lipinski definition) is 1. The van der Waals surface area contributed by atoms with Gasteiger partial charge >= 0.3 is 0 Å². The second kappa shape index (κ2) is 6.57. The maximum Gasteiger partial charge on any atom is 0.252 e. The highest BCUT2D eigenvalue weighted by atomic mass is 35.5. The number of ether oxygens (including phenoxy) is 2. The molecule has 3 aromatic rings. The second-order valence-corrected chi connectivity index (χ2v) is 6.05. The predicted octanol–water partition coefficient (Wildman–Crippen LogP) is 4.10. The summed E-state index contributed by atoms with van der Waals surface area (Å²) in [4.78, 5) is 15.5. The predicted molar refractivity (Wildman–Crippen MR) is 96.7 cm³/mol. The Bertz CT molecular complexity index is 945. The third-order valence-corrected chi connectivity index (χ3v) is 4.43. The van der Waals surface area contributed by atoms with Gasteiger partial charge in [-0.15, -0.1) is 0 Å². The molecule has 0 unspecified atom stereocenters. The lowest BCUT2D eigenvalue weighted by Crippen LogP contribution is -2.15. The molecule has 0 radical (unpaired) electrons. The topological polar surface area (TPSA) is 51.3 Å². The molecule has 3 rings (SSSR count). The van der Waals surface area contributed by atoms with Crippen molar-refractivity contribution in [1.82, 2.24) is 4.98 Å². The molecule has 24 heavy (non-hydrogen) atoms. The largest absolute Gasteiger partial charge is 0.497 e. The minimum Gasteiger partial charge on any atom is -0.497 e. The maximum atomic E-state index is 12.6. The number of hydrogen-bond acceptors (Lipinski definition) is 3. The van der Waals surface area contributed by atoms with Gasteiger partial charge in [0.1, 0.15) is 11.5 Å². The third kappa shape index (κ3) is 2.97. The van der Waals surface area contributed by atoms with Gasteiger partial charge in [0.25, 0.3) is 5.56 Å². The Morgan fingerprint density at radius 1 is 1.08 bits per heavy atom. The van der Waals surface area contributed by atoms with Crippen molar-refractivity contribution < 1.29 is 9.47 Å². The number of benzene rings is 2. The summed E-state index contributed by atoms with van der Waals surface area (Å²) in [7, 11) is 3.19. The van der Waals surface area contributed by atoms with Gasteiger partial charge in [0.2, 0.25) is 0 Å². The zero-order valence-electron chi connectivity index (χ0n) is 13.8. The van der Waals surface area contributed by atoms with E-state index in [9.17, 15) is 4.79 Å². The summed E-state index contributed by atoms with van der Waals surface area (Å²) in [5, 5.41) is 1.57. The molecule has 0 spiro atoms. The highest BCUT2D eigenvalue weighted by Gasteiger charge is 2.15. The van der Waals surface area contributed by atoms with Crippen LogP contribution in [0.2, 0.25) is 5.02 Å². The summed E-state index contributed by atoms with van der Waals surface area (Å²) >= 11 is 5.93. The first-order chi connectivity index (χ1) is 11.5. The molecule has 1 N–H and O–H groups in total. The highest BCUT2D eigenvalue weighted by molar-refractivity contribution is 6.30. The normalized spacial score (nSPS) is 10.8. The van der Waals surface area contributed by atoms with E-state index in [0.717, 1.165) is 16.5 Å². The Morgan fingerprint density at radius 2 is 1.79 bits per heavy atom. The second-order valence-electron chi connectivity index (χ2n) is 5.61. The van der Waals surface area contributed by atoms with Gasteiger partial charge in [-0.3, -0.25) is 4.79 Å². The number of aryl methyl sites for hydroxylation is 1. The lowest BCUT2D eigenvalue weighted by Gasteiger charge is -2.14. The molecule has 0 amide bonds. The van der Waals surface area contributed by atoms with Gasteiger partial charge in [-0.05, 0) is 30.2 Å². The van der Waals surface area contributed by atoms with Crippen molar-refractivity contribution in [3.63, 3.8) is 0 Å². The first-order valence-electron chi connectivity index (χ1n) is 7.55. The van der Waals surface area contributed by atoms with Gasteiger partial charge in [-0.25, -0.2) is 0 Å². The SMILES string of the molecule is COc1cc(OC)c2c(C)c(Cc3ccc(Cl)cc3)c(=O)[nH]c2c1. The molecule has 1 heterocycles. The van der Waals surface area contributed by atoms with Crippen LogP contribution >= 0.6 is 11.6 Å². The van der Waals surface area contributed by atoms with Gasteiger partial charge in [0, 0.05) is 34.5 Å². The highest BCUT2D eigenvalue weighted by Crippen LogP contribution is 2.33. The Kier molecular flexibility index (Phi) is 4.49. The molecule has 0 saturated heterocycles. The molecule has 2 aromatic carbocycles. The summed E-state index contributed by atoms with van der Waals surface area (Å²) in [6.45, 7) is 1.94. The minimum absolute atomic E-state index is 0.106. The zero-order chi connectivity index (χ0) is 17.3. The monoisotopic (exact) mass is 343 g/mol. The molecular formula is C19H18ClNO3. The van der Waals surface area contributed by atoms with E-state index in [1.165, 1.54) is 0 Å². The third-order valence-electron chi connectivity index (χ3n) is 4.18. The fraction of sp³-hybridized carbons (Fsp3) is 0.211. The molecule has 0 saturated carbocycles. The quantitative estimate of drug-likeness (QED) is 0.776. The Morgan fingerprint density at radius 3 is 2.42 bits per heavy atom. The first-order valence-corrected chi connectivity index (χ1v) is 7.93. The smallest absolute Gasteiger partial charge is 0.252 e.